The van der Waals surface area contributed by atoms with Crippen molar-refractivity contribution in [2.45, 2.75) is 38.6 Å². The summed E-state index contributed by atoms with van der Waals surface area (Å²) in [4.78, 5) is 15.3. The Morgan fingerprint density at radius 1 is 1.24 bits per heavy atom. The molecule has 6 nitrogen and oxygen atoms in total. The summed E-state index contributed by atoms with van der Waals surface area (Å²) >= 11 is 0. The Kier molecular flexibility index (Phi) is 5.34. The van der Waals surface area contributed by atoms with Crippen molar-refractivity contribution in [3.63, 3.8) is 0 Å². The quantitative estimate of drug-likeness (QED) is 0.656. The minimum Gasteiger partial charge on any atom is -0.497 e. The minimum absolute atomic E-state index is 0.0119. The van der Waals surface area contributed by atoms with E-state index in [1.165, 1.54) is 5.56 Å². The Bertz CT molecular complexity index is 1000. The number of hydrogen-bond acceptors (Lipinski definition) is 5. The first-order valence-corrected chi connectivity index (χ1v) is 9.88. The number of amides is 1. The molecule has 1 aromatic heterocycles. The highest BCUT2D eigenvalue weighted by Gasteiger charge is 2.31. The van der Waals surface area contributed by atoms with Crippen LogP contribution in [-0.4, -0.2) is 34.7 Å². The molecule has 150 valence electrons. The summed E-state index contributed by atoms with van der Waals surface area (Å²) in [7, 11) is 1.66. The van der Waals surface area contributed by atoms with Gasteiger partial charge in [0.25, 0.3) is 0 Å². The predicted molar refractivity (Wildman–Crippen MR) is 109 cm³/mol. The molecule has 1 amide bonds. The molecule has 0 saturated carbocycles. The van der Waals surface area contributed by atoms with Gasteiger partial charge >= 0.3 is 0 Å². The van der Waals surface area contributed by atoms with Gasteiger partial charge in [0.05, 0.1) is 19.1 Å². The molecule has 2 aromatic carbocycles. The molecule has 3 aromatic rings. The first-order chi connectivity index (χ1) is 14.1. The smallest absolute Gasteiger partial charge is 0.224 e. The number of hydrogen-bond donors (Lipinski definition) is 0. The van der Waals surface area contributed by atoms with E-state index in [0.717, 1.165) is 23.3 Å². The number of benzene rings is 2. The second kappa shape index (κ2) is 8.07. The van der Waals surface area contributed by atoms with Crippen LogP contribution in [0.2, 0.25) is 0 Å². The van der Waals surface area contributed by atoms with E-state index in [1.54, 1.807) is 14.0 Å². The molecule has 0 saturated heterocycles. The van der Waals surface area contributed by atoms with Crippen LogP contribution in [0.25, 0.3) is 0 Å². The Labute approximate surface area is 170 Å². The summed E-state index contributed by atoms with van der Waals surface area (Å²) < 4.78 is 11.1. The molecule has 6 heteroatoms. The number of ether oxygens (including phenoxy) is 1. The van der Waals surface area contributed by atoms with Crippen LogP contribution in [0, 0.1) is 6.92 Å². The highest BCUT2D eigenvalue weighted by molar-refractivity contribution is 5.78. The fourth-order valence-electron chi connectivity index (χ4n) is 4.04. The largest absolute Gasteiger partial charge is 0.497 e. The first kappa shape index (κ1) is 19.2. The highest BCUT2D eigenvalue weighted by Crippen LogP contribution is 2.35. The number of methoxy groups -OCH3 is 1. The molecule has 2 atom stereocenters. The number of carbonyl (C=O) groups is 1. The lowest BCUT2D eigenvalue weighted by Crippen LogP contribution is -2.39. The van der Waals surface area contributed by atoms with Crippen molar-refractivity contribution in [3.8, 4) is 5.75 Å². The second-order valence-corrected chi connectivity index (χ2v) is 7.40. The standard InChI is InChI=1S/C23H25N3O3/c1-15-20-13-19(28-3)10-9-18(20)11-12-26(15)22(27)14-21(17-7-5-4-6-8-17)23-25-24-16(2)29-23/h4-10,13,15,21H,11-12,14H2,1-3H3. The predicted octanol–water partition coefficient (Wildman–Crippen LogP) is 4.05. The zero-order valence-electron chi connectivity index (χ0n) is 17.0. The lowest BCUT2D eigenvalue weighted by molar-refractivity contribution is -0.134. The molecule has 0 bridgehead atoms. The maximum absolute atomic E-state index is 13.3. The third-order valence-corrected chi connectivity index (χ3v) is 5.63. The monoisotopic (exact) mass is 391 g/mol. The van der Waals surface area contributed by atoms with Crippen LogP contribution < -0.4 is 4.74 Å². The van der Waals surface area contributed by atoms with Gasteiger partial charge < -0.3 is 14.1 Å². The number of nitrogens with zero attached hydrogens (tertiary/aromatic N) is 3. The van der Waals surface area contributed by atoms with E-state index >= 15 is 0 Å². The van der Waals surface area contributed by atoms with Crippen molar-refractivity contribution in [1.29, 1.82) is 0 Å². The van der Waals surface area contributed by atoms with Crippen LogP contribution in [0.5, 0.6) is 5.75 Å². The zero-order chi connectivity index (χ0) is 20.4. The Morgan fingerprint density at radius 2 is 2.03 bits per heavy atom. The molecule has 0 radical (unpaired) electrons. The fourth-order valence-corrected chi connectivity index (χ4v) is 4.04. The van der Waals surface area contributed by atoms with Crippen molar-refractivity contribution >= 4 is 5.91 Å². The number of carbonyl (C=O) groups excluding carboxylic acids is 1. The van der Waals surface area contributed by atoms with Crippen molar-refractivity contribution in [3.05, 3.63) is 77.0 Å². The maximum Gasteiger partial charge on any atom is 0.224 e. The Morgan fingerprint density at radius 3 is 2.72 bits per heavy atom. The van der Waals surface area contributed by atoms with Crippen molar-refractivity contribution in [2.24, 2.45) is 0 Å². The Balaban J connectivity index is 1.59. The average molecular weight is 391 g/mol. The van der Waals surface area contributed by atoms with E-state index in [1.807, 2.05) is 47.4 Å². The number of rotatable bonds is 5. The van der Waals surface area contributed by atoms with Gasteiger partial charge in [0.15, 0.2) is 0 Å². The molecule has 0 fully saturated rings. The minimum atomic E-state index is -0.260. The van der Waals surface area contributed by atoms with Crippen LogP contribution in [0.1, 0.15) is 53.8 Å². The normalized spacial score (nSPS) is 16.9. The molecule has 0 spiro atoms. The third-order valence-electron chi connectivity index (χ3n) is 5.63. The second-order valence-electron chi connectivity index (χ2n) is 7.40. The van der Waals surface area contributed by atoms with Crippen molar-refractivity contribution in [1.82, 2.24) is 15.1 Å². The van der Waals surface area contributed by atoms with Crippen LogP contribution in [-0.2, 0) is 11.2 Å². The summed E-state index contributed by atoms with van der Waals surface area (Å²) in [6.45, 7) is 4.53. The molecular formula is C23H25N3O3. The summed E-state index contributed by atoms with van der Waals surface area (Å²) in [5.41, 5.74) is 3.42. The maximum atomic E-state index is 13.3. The van der Waals surface area contributed by atoms with Gasteiger partial charge in [0, 0.05) is 19.9 Å². The van der Waals surface area contributed by atoms with Crippen LogP contribution in [0.3, 0.4) is 0 Å². The Hall–Kier alpha value is -3.15. The van der Waals surface area contributed by atoms with Gasteiger partial charge in [-0.15, -0.1) is 10.2 Å². The SMILES string of the molecule is COc1ccc2c(c1)C(C)N(C(=O)CC(c1ccccc1)c1nnc(C)o1)CC2. The molecule has 0 N–H and O–H groups in total. The van der Waals surface area contributed by atoms with E-state index in [0.29, 0.717) is 18.3 Å². The van der Waals surface area contributed by atoms with Crippen LogP contribution in [0.15, 0.2) is 52.9 Å². The average Bonchev–Trinajstić information content (AvgIpc) is 3.18. The molecular weight excluding hydrogens is 366 g/mol. The molecule has 2 unspecified atom stereocenters. The summed E-state index contributed by atoms with van der Waals surface area (Å²) in [6.07, 6.45) is 1.13. The number of aromatic nitrogens is 2. The van der Waals surface area contributed by atoms with Gasteiger partial charge in [-0.25, -0.2) is 0 Å². The van der Waals surface area contributed by atoms with Gasteiger partial charge in [-0.3, -0.25) is 4.79 Å². The summed E-state index contributed by atoms with van der Waals surface area (Å²) in [5, 5.41) is 8.16. The van der Waals surface area contributed by atoms with E-state index in [4.69, 9.17) is 9.15 Å². The summed E-state index contributed by atoms with van der Waals surface area (Å²) in [6, 6.07) is 16.0. The lowest BCUT2D eigenvalue weighted by Gasteiger charge is -2.36. The van der Waals surface area contributed by atoms with E-state index in [2.05, 4.69) is 23.2 Å². The van der Waals surface area contributed by atoms with Gasteiger partial charge in [-0.1, -0.05) is 36.4 Å². The van der Waals surface area contributed by atoms with Crippen LogP contribution >= 0.6 is 0 Å². The van der Waals surface area contributed by atoms with Gasteiger partial charge in [-0.2, -0.15) is 0 Å². The van der Waals surface area contributed by atoms with Crippen molar-refractivity contribution in [2.75, 3.05) is 13.7 Å². The molecule has 0 aliphatic carbocycles. The topological polar surface area (TPSA) is 68.5 Å². The van der Waals surface area contributed by atoms with Gasteiger partial charge in [0.2, 0.25) is 17.7 Å². The summed E-state index contributed by atoms with van der Waals surface area (Å²) in [5.74, 6) is 1.61. The van der Waals surface area contributed by atoms with Crippen LogP contribution in [0.4, 0.5) is 0 Å². The van der Waals surface area contributed by atoms with Gasteiger partial charge in [0.1, 0.15) is 5.75 Å². The number of aryl methyl sites for hydroxylation is 1. The lowest BCUT2D eigenvalue weighted by atomic mass is 9.91. The molecule has 29 heavy (non-hydrogen) atoms. The van der Waals surface area contributed by atoms with Gasteiger partial charge in [-0.05, 0) is 42.2 Å². The zero-order valence-corrected chi connectivity index (χ0v) is 17.0. The van der Waals surface area contributed by atoms with E-state index < -0.39 is 0 Å². The van der Waals surface area contributed by atoms with Crippen molar-refractivity contribution < 1.29 is 13.9 Å². The third kappa shape index (κ3) is 3.88. The highest BCUT2D eigenvalue weighted by atomic mass is 16.5. The van der Waals surface area contributed by atoms with E-state index in [9.17, 15) is 4.79 Å². The fraction of sp³-hybridized carbons (Fsp3) is 0.348. The number of fused-ring (bicyclic) bond motifs is 1. The first-order valence-electron chi connectivity index (χ1n) is 9.88. The molecule has 1 aliphatic heterocycles. The molecule has 4 rings (SSSR count). The molecule has 2 heterocycles. The van der Waals surface area contributed by atoms with E-state index in [-0.39, 0.29) is 24.3 Å². The molecule has 1 aliphatic rings.